The van der Waals surface area contributed by atoms with E-state index in [1.807, 2.05) is 27.7 Å². The molecule has 47 heavy (non-hydrogen) atoms. The molecule has 0 saturated carbocycles. The molecule has 0 saturated heterocycles. The minimum absolute atomic E-state index is 0.154. The maximum absolute atomic E-state index is 13.2. The molecule has 0 bridgehead atoms. The van der Waals surface area contributed by atoms with Crippen molar-refractivity contribution in [3.63, 3.8) is 0 Å². The lowest BCUT2D eigenvalue weighted by Gasteiger charge is -2.30. The van der Waals surface area contributed by atoms with E-state index in [-0.39, 0.29) is 19.6 Å². The first-order valence-electron chi connectivity index (χ1n) is 14.8. The zero-order valence-electron chi connectivity index (χ0n) is 26.3. The Labute approximate surface area is 286 Å². The summed E-state index contributed by atoms with van der Waals surface area (Å²) in [5, 5.41) is 0.465. The lowest BCUT2D eigenvalue weighted by molar-refractivity contribution is 0.0825. The number of ether oxygens (including phenoxy) is 2. The zero-order chi connectivity index (χ0) is 34.0. The smallest absolute Gasteiger partial charge is 0.206 e. The normalized spacial score (nSPS) is 13.5. The van der Waals surface area contributed by atoms with Crippen LogP contribution in [-0.4, -0.2) is 16.8 Å². The molecule has 5 aromatic carbocycles. The summed E-state index contributed by atoms with van der Waals surface area (Å²) in [5.41, 5.74) is 0.923. The van der Waals surface area contributed by atoms with Crippen LogP contribution in [0, 0.1) is 0 Å². The maximum Gasteiger partial charge on any atom is 0.206 e. The van der Waals surface area contributed by atoms with Gasteiger partial charge in [0.1, 0.15) is 22.8 Å². The van der Waals surface area contributed by atoms with Gasteiger partial charge >= 0.3 is 0 Å². The molecule has 6 nitrogen and oxygen atoms in total. The summed E-state index contributed by atoms with van der Waals surface area (Å²) in [6.07, 6.45) is 0.624. The number of halogens is 2. The van der Waals surface area contributed by atoms with Crippen molar-refractivity contribution in [3.8, 4) is 17.2 Å². The fraction of sp³-hybridized carbons (Fsp3) is 0.189. The van der Waals surface area contributed by atoms with Gasteiger partial charge in [-0.3, -0.25) is 0 Å². The van der Waals surface area contributed by atoms with Crippen LogP contribution in [0.4, 0.5) is 0 Å². The summed E-state index contributed by atoms with van der Waals surface area (Å²) in [6, 6.07) is 32.7. The van der Waals surface area contributed by atoms with Crippen LogP contribution in [0.15, 0.2) is 141 Å². The van der Waals surface area contributed by atoms with Crippen molar-refractivity contribution in [2.45, 2.75) is 64.2 Å². The quantitative estimate of drug-likeness (QED) is 0.127. The highest BCUT2D eigenvalue weighted by atomic mass is 35.5. The minimum Gasteiger partial charge on any atom is -0.483 e. The van der Waals surface area contributed by atoms with E-state index in [1.165, 1.54) is 24.3 Å². The van der Waals surface area contributed by atoms with E-state index in [2.05, 4.69) is 0 Å². The fourth-order valence-electron chi connectivity index (χ4n) is 4.90. The molecule has 0 amide bonds. The second-order valence-corrected chi connectivity index (χ2v) is 17.0. The minimum atomic E-state index is -3.71. The monoisotopic (exact) mass is 708 g/mol. The molecular weight excluding hydrogens is 675 g/mol. The van der Waals surface area contributed by atoms with Crippen LogP contribution in [0.5, 0.6) is 17.2 Å². The highest BCUT2D eigenvalue weighted by molar-refractivity contribution is 7.91. The maximum atomic E-state index is 13.2. The molecule has 0 aromatic heterocycles. The van der Waals surface area contributed by atoms with Gasteiger partial charge in [0, 0.05) is 5.02 Å². The molecule has 0 radical (unpaired) electrons. The number of sulfone groups is 2. The van der Waals surface area contributed by atoms with Crippen molar-refractivity contribution in [2.75, 3.05) is 0 Å². The molecule has 10 heteroatoms. The molecule has 5 rings (SSSR count). The average Bonchev–Trinajstić information content (AvgIpc) is 3.06. The van der Waals surface area contributed by atoms with Gasteiger partial charge in [-0.15, -0.1) is 11.6 Å². The highest BCUT2D eigenvalue weighted by Crippen LogP contribution is 2.35. The van der Waals surface area contributed by atoms with E-state index in [9.17, 15) is 16.8 Å². The van der Waals surface area contributed by atoms with Crippen molar-refractivity contribution in [2.24, 2.45) is 0 Å². The first-order chi connectivity index (χ1) is 22.1. The van der Waals surface area contributed by atoms with Gasteiger partial charge in [0.25, 0.3) is 0 Å². The van der Waals surface area contributed by atoms with E-state index >= 15 is 0 Å². The second kappa shape index (κ2) is 13.4. The molecule has 0 heterocycles. The first kappa shape index (κ1) is 34.5. The van der Waals surface area contributed by atoms with Crippen LogP contribution in [0.2, 0.25) is 5.02 Å². The molecule has 0 aliphatic rings. The number of rotatable bonds is 11. The number of hydrogen-bond donors (Lipinski definition) is 0. The van der Waals surface area contributed by atoms with Crippen molar-refractivity contribution in [1.29, 1.82) is 0 Å². The number of alkyl halides is 1. The van der Waals surface area contributed by atoms with Crippen LogP contribution >= 0.6 is 23.2 Å². The summed E-state index contributed by atoms with van der Waals surface area (Å²) in [5.74, 6) is 1.62. The Bertz CT molecular complexity index is 2050. The Hall–Kier alpha value is -3.82. The van der Waals surface area contributed by atoms with Crippen LogP contribution in [0.1, 0.15) is 45.2 Å². The second-order valence-electron chi connectivity index (χ2n) is 11.7. The van der Waals surface area contributed by atoms with Crippen LogP contribution < -0.4 is 9.47 Å². The Kier molecular flexibility index (Phi) is 9.81. The predicted molar refractivity (Wildman–Crippen MR) is 185 cm³/mol. The number of hydrogen-bond acceptors (Lipinski definition) is 6. The van der Waals surface area contributed by atoms with E-state index in [1.54, 1.807) is 97.1 Å². The van der Waals surface area contributed by atoms with Gasteiger partial charge in [-0.2, -0.15) is 0 Å². The third-order valence-corrected chi connectivity index (χ3v) is 12.0. The van der Waals surface area contributed by atoms with E-state index in [0.29, 0.717) is 28.7 Å². The molecule has 5 aromatic rings. The standard InChI is InChI=1S/C37H34Cl2O6S2/c1-5-37(4,27-8-20-33(21-9-27)46(40,41)34-22-10-28(38)11-23-34)45-31-14-12-29(13-15-31)44-30-16-24-35(25-17-30)47(42,43)32-18-6-26(7-19-32)36(2,3)39/h6-25H,5H2,1-4H3. The van der Waals surface area contributed by atoms with Crippen LogP contribution in [0.3, 0.4) is 0 Å². The Morgan fingerprint density at radius 1 is 0.532 bits per heavy atom. The SMILES string of the molecule is CCC(C)(Oc1ccc(Oc2ccc(S(=O)(=O)c3ccc(C(C)(C)Cl)cc3)cc2)cc1)c1ccc(S(=O)(=O)c2ccc(Cl)cc2)cc1. The first-order valence-corrected chi connectivity index (χ1v) is 18.6. The van der Waals surface area contributed by atoms with Crippen LogP contribution in [0.25, 0.3) is 0 Å². The van der Waals surface area contributed by atoms with Gasteiger partial charge < -0.3 is 9.47 Å². The summed E-state index contributed by atoms with van der Waals surface area (Å²) in [4.78, 5) is 0.0928. The average molecular weight is 710 g/mol. The molecule has 1 unspecified atom stereocenters. The van der Waals surface area contributed by atoms with Crippen LogP contribution in [-0.2, 0) is 30.1 Å². The topological polar surface area (TPSA) is 86.7 Å². The zero-order valence-corrected chi connectivity index (χ0v) is 29.4. The van der Waals surface area contributed by atoms with E-state index in [0.717, 1.165) is 11.1 Å². The van der Waals surface area contributed by atoms with Gasteiger partial charge in [0.15, 0.2) is 0 Å². The Morgan fingerprint density at radius 2 is 0.872 bits per heavy atom. The van der Waals surface area contributed by atoms with Crippen molar-refractivity contribution >= 4 is 42.9 Å². The molecule has 0 fully saturated rings. The molecule has 0 aliphatic heterocycles. The Balaban J connectivity index is 1.25. The molecule has 0 aliphatic carbocycles. The molecular formula is C37H34Cl2O6S2. The Morgan fingerprint density at radius 3 is 1.28 bits per heavy atom. The summed E-state index contributed by atoms with van der Waals surface area (Å²) < 4.78 is 64.8. The lowest BCUT2D eigenvalue weighted by atomic mass is 9.93. The fourth-order valence-corrected chi connectivity index (χ4v) is 7.67. The summed E-state index contributed by atoms with van der Waals surface area (Å²) in [6.45, 7) is 7.64. The molecule has 244 valence electrons. The summed E-state index contributed by atoms with van der Waals surface area (Å²) >= 11 is 12.3. The van der Waals surface area contributed by atoms with E-state index in [4.69, 9.17) is 32.7 Å². The number of benzene rings is 5. The van der Waals surface area contributed by atoms with Crippen molar-refractivity contribution < 1.29 is 26.3 Å². The highest BCUT2D eigenvalue weighted by Gasteiger charge is 2.28. The lowest BCUT2D eigenvalue weighted by Crippen LogP contribution is -2.28. The van der Waals surface area contributed by atoms with Gasteiger partial charge in [-0.1, -0.05) is 42.8 Å². The molecule has 0 spiro atoms. The largest absolute Gasteiger partial charge is 0.483 e. The molecule has 0 N–H and O–H groups in total. The van der Waals surface area contributed by atoms with Gasteiger partial charge in [0.05, 0.1) is 24.5 Å². The third kappa shape index (κ3) is 7.68. The summed E-state index contributed by atoms with van der Waals surface area (Å²) in [7, 11) is -7.40. The van der Waals surface area contributed by atoms with E-state index < -0.39 is 30.1 Å². The van der Waals surface area contributed by atoms with Gasteiger partial charge in [-0.05, 0) is 135 Å². The third-order valence-electron chi connectivity index (χ3n) is 7.96. The molecule has 1 atom stereocenters. The predicted octanol–water partition coefficient (Wildman–Crippen LogP) is 9.98. The van der Waals surface area contributed by atoms with Gasteiger partial charge in [-0.25, -0.2) is 16.8 Å². The van der Waals surface area contributed by atoms with Crippen molar-refractivity contribution in [1.82, 2.24) is 0 Å². The van der Waals surface area contributed by atoms with Gasteiger partial charge in [0.2, 0.25) is 19.7 Å². The van der Waals surface area contributed by atoms with Crippen molar-refractivity contribution in [3.05, 3.63) is 137 Å².